The molecule has 0 heterocycles. The molecule has 0 radical (unpaired) electrons. The highest BCUT2D eigenvalue weighted by molar-refractivity contribution is 5.40. The molecule has 2 N–H and O–H groups in total. The van der Waals surface area contributed by atoms with Gasteiger partial charge in [-0.2, -0.15) is 0 Å². The summed E-state index contributed by atoms with van der Waals surface area (Å²) in [6, 6.07) is 35.2. The van der Waals surface area contributed by atoms with E-state index >= 15 is 0 Å². The highest BCUT2D eigenvalue weighted by atomic mass is 16.6. The third kappa shape index (κ3) is 6.60. The predicted octanol–water partition coefficient (Wildman–Crippen LogP) is 6.05. The molecule has 0 aliphatic carbocycles. The Hall–Kier alpha value is -3.92. The van der Waals surface area contributed by atoms with E-state index < -0.39 is 0 Å². The molecule has 4 rings (SSSR count). The van der Waals surface area contributed by atoms with E-state index in [2.05, 4.69) is 36.4 Å². The molecule has 0 saturated carbocycles. The predicted molar refractivity (Wildman–Crippen MR) is 122 cm³/mol. The summed E-state index contributed by atoms with van der Waals surface area (Å²) in [6.45, 7) is 0. The van der Waals surface area contributed by atoms with Crippen molar-refractivity contribution in [2.45, 2.75) is 12.8 Å². The lowest BCUT2D eigenvalue weighted by Crippen LogP contribution is -1.90. The summed E-state index contributed by atoms with van der Waals surface area (Å²) in [5.41, 5.74) is 11.5. The molecule has 0 fully saturated rings. The van der Waals surface area contributed by atoms with E-state index in [1.165, 1.54) is 28.8 Å². The summed E-state index contributed by atoms with van der Waals surface area (Å²) in [5.74, 6) is 0. The van der Waals surface area contributed by atoms with Crippen LogP contribution in [0.5, 0.6) is 0 Å². The van der Waals surface area contributed by atoms with Crippen molar-refractivity contribution in [1.82, 2.24) is 0 Å². The fourth-order valence-electron chi connectivity index (χ4n) is 3.03. The van der Waals surface area contributed by atoms with Crippen LogP contribution >= 0.6 is 0 Å². The second-order valence-electron chi connectivity index (χ2n) is 6.99. The second kappa shape index (κ2) is 10.6. The molecule has 0 aliphatic rings. The second-order valence-corrected chi connectivity index (χ2v) is 6.99. The average Bonchev–Trinajstić information content (AvgIpc) is 2.78. The van der Waals surface area contributed by atoms with Crippen LogP contribution in [0.25, 0.3) is 0 Å². The van der Waals surface area contributed by atoms with Crippen LogP contribution in [0.15, 0.2) is 109 Å². The van der Waals surface area contributed by atoms with Gasteiger partial charge in [0.2, 0.25) is 0 Å². The molecule has 0 unspecified atom stereocenters. The van der Waals surface area contributed by atoms with Gasteiger partial charge in [-0.05, 0) is 47.2 Å². The Morgan fingerprint density at radius 1 is 0.567 bits per heavy atom. The monoisotopic (exact) mass is 396 g/mol. The zero-order valence-electron chi connectivity index (χ0n) is 16.6. The minimum atomic E-state index is -0.383. The van der Waals surface area contributed by atoms with Crippen molar-refractivity contribution in [3.8, 4) is 0 Å². The van der Waals surface area contributed by atoms with Crippen molar-refractivity contribution < 1.29 is 4.92 Å². The van der Waals surface area contributed by atoms with Gasteiger partial charge in [-0.15, -0.1) is 0 Å². The molecule has 0 amide bonds. The lowest BCUT2D eigenvalue weighted by molar-refractivity contribution is -0.384. The molecule has 0 bridgehead atoms. The summed E-state index contributed by atoms with van der Waals surface area (Å²) in [7, 11) is 0. The number of nitrogens with zero attached hydrogens (tertiary/aromatic N) is 1. The molecule has 4 aromatic carbocycles. The van der Waals surface area contributed by atoms with Crippen LogP contribution in [0, 0.1) is 10.1 Å². The highest BCUT2D eigenvalue weighted by Crippen LogP contribution is 2.15. The van der Waals surface area contributed by atoms with Crippen LogP contribution in [-0.4, -0.2) is 4.92 Å². The fraction of sp³-hybridized carbons (Fsp3) is 0.0769. The molecular formula is C26H24N2O2. The average molecular weight is 396 g/mol. The zero-order chi connectivity index (χ0) is 21.2. The van der Waals surface area contributed by atoms with Crippen molar-refractivity contribution >= 4 is 11.4 Å². The number of hydrogen-bond acceptors (Lipinski definition) is 3. The Morgan fingerprint density at radius 3 is 1.33 bits per heavy atom. The smallest absolute Gasteiger partial charge is 0.269 e. The van der Waals surface area contributed by atoms with E-state index in [0.717, 1.165) is 24.1 Å². The third-order valence-corrected chi connectivity index (χ3v) is 4.63. The van der Waals surface area contributed by atoms with Crippen LogP contribution in [-0.2, 0) is 12.8 Å². The van der Waals surface area contributed by atoms with Gasteiger partial charge in [0.15, 0.2) is 0 Å². The number of nitrogens with two attached hydrogens (primary N) is 1. The van der Waals surface area contributed by atoms with Gasteiger partial charge in [0, 0.05) is 17.8 Å². The number of anilines is 1. The van der Waals surface area contributed by atoms with Crippen LogP contribution in [0.4, 0.5) is 11.4 Å². The van der Waals surface area contributed by atoms with Gasteiger partial charge in [-0.1, -0.05) is 84.9 Å². The molecule has 4 heteroatoms. The Labute approximate surface area is 176 Å². The lowest BCUT2D eigenvalue weighted by Gasteiger charge is -2.01. The Morgan fingerprint density at radius 2 is 0.933 bits per heavy atom. The van der Waals surface area contributed by atoms with Crippen molar-refractivity contribution in [3.05, 3.63) is 142 Å². The molecule has 0 spiro atoms. The molecule has 150 valence electrons. The van der Waals surface area contributed by atoms with Gasteiger partial charge in [-0.3, -0.25) is 10.1 Å². The van der Waals surface area contributed by atoms with Gasteiger partial charge in [-0.25, -0.2) is 0 Å². The molecule has 4 aromatic rings. The topological polar surface area (TPSA) is 69.2 Å². The molecule has 0 aliphatic heterocycles. The number of benzene rings is 4. The van der Waals surface area contributed by atoms with E-state index in [0.29, 0.717) is 0 Å². The number of nitro benzene ring substituents is 1. The van der Waals surface area contributed by atoms with E-state index in [4.69, 9.17) is 5.73 Å². The van der Waals surface area contributed by atoms with Crippen molar-refractivity contribution in [2.75, 3.05) is 5.73 Å². The number of nitro groups is 1. The van der Waals surface area contributed by atoms with E-state index in [1.807, 2.05) is 48.5 Å². The maximum Gasteiger partial charge on any atom is 0.269 e. The third-order valence-electron chi connectivity index (χ3n) is 4.63. The number of nitrogen functional groups attached to an aromatic ring is 1. The first-order valence-corrected chi connectivity index (χ1v) is 9.76. The largest absolute Gasteiger partial charge is 0.399 e. The Balaban J connectivity index is 0.000000172. The summed E-state index contributed by atoms with van der Waals surface area (Å²) in [6.07, 6.45) is 1.78. The summed E-state index contributed by atoms with van der Waals surface area (Å²) in [5, 5.41) is 10.5. The van der Waals surface area contributed by atoms with Crippen molar-refractivity contribution in [3.63, 3.8) is 0 Å². The molecule has 30 heavy (non-hydrogen) atoms. The zero-order valence-corrected chi connectivity index (χ0v) is 16.6. The molecule has 0 atom stereocenters. The van der Waals surface area contributed by atoms with Gasteiger partial charge < -0.3 is 5.73 Å². The summed E-state index contributed by atoms with van der Waals surface area (Å²) < 4.78 is 0. The number of rotatable bonds is 5. The maximum absolute atomic E-state index is 10.5. The minimum Gasteiger partial charge on any atom is -0.399 e. The number of hydrogen-bond donors (Lipinski definition) is 1. The van der Waals surface area contributed by atoms with Gasteiger partial charge in [0.05, 0.1) is 4.92 Å². The molecule has 0 aromatic heterocycles. The SMILES string of the molecule is Nc1ccc(Cc2ccccc2)cc1.O=[N+]([O-])c1ccc(Cc2ccccc2)cc1. The summed E-state index contributed by atoms with van der Waals surface area (Å²) in [4.78, 5) is 10.1. The van der Waals surface area contributed by atoms with E-state index in [1.54, 1.807) is 12.1 Å². The van der Waals surface area contributed by atoms with Crippen LogP contribution < -0.4 is 5.73 Å². The lowest BCUT2D eigenvalue weighted by atomic mass is 10.1. The molecular weight excluding hydrogens is 372 g/mol. The highest BCUT2D eigenvalue weighted by Gasteiger charge is 2.03. The summed E-state index contributed by atoms with van der Waals surface area (Å²) >= 11 is 0. The Kier molecular flexibility index (Phi) is 7.34. The van der Waals surface area contributed by atoms with E-state index in [-0.39, 0.29) is 10.6 Å². The molecule has 4 nitrogen and oxygen atoms in total. The first kappa shape index (κ1) is 20.8. The van der Waals surface area contributed by atoms with Gasteiger partial charge in [0.1, 0.15) is 0 Å². The maximum atomic E-state index is 10.5. The standard InChI is InChI=1S/C13H11NO2.C13H13N/c15-14(16)13-8-6-12(7-9-13)10-11-4-2-1-3-5-11;14-13-8-6-12(7-9-13)10-11-4-2-1-3-5-11/h1-9H,10H2;1-9H,10,14H2. The van der Waals surface area contributed by atoms with Crippen LogP contribution in [0.3, 0.4) is 0 Å². The first-order chi connectivity index (χ1) is 14.6. The fourth-order valence-corrected chi connectivity index (χ4v) is 3.03. The quantitative estimate of drug-likeness (QED) is 0.254. The van der Waals surface area contributed by atoms with Crippen LogP contribution in [0.1, 0.15) is 22.3 Å². The molecule has 0 saturated heterocycles. The van der Waals surface area contributed by atoms with Crippen LogP contribution in [0.2, 0.25) is 0 Å². The van der Waals surface area contributed by atoms with Crippen molar-refractivity contribution in [1.29, 1.82) is 0 Å². The van der Waals surface area contributed by atoms with E-state index in [9.17, 15) is 10.1 Å². The minimum absolute atomic E-state index is 0.136. The normalized spacial score (nSPS) is 10.0. The van der Waals surface area contributed by atoms with Crippen molar-refractivity contribution in [2.24, 2.45) is 0 Å². The Bertz CT molecular complexity index is 1050. The van der Waals surface area contributed by atoms with Gasteiger partial charge >= 0.3 is 0 Å². The number of non-ortho nitro benzene ring substituents is 1. The first-order valence-electron chi connectivity index (χ1n) is 9.76. The van der Waals surface area contributed by atoms with Gasteiger partial charge in [0.25, 0.3) is 5.69 Å².